The lowest BCUT2D eigenvalue weighted by Gasteiger charge is -2.01. The van der Waals surface area contributed by atoms with Gasteiger partial charge in [0.15, 0.2) is 0 Å². The predicted molar refractivity (Wildman–Crippen MR) is 95.9 cm³/mol. The molecule has 0 saturated carbocycles. The molecule has 2 aromatic rings. The number of benzene rings is 1. The molecule has 0 fully saturated rings. The summed E-state index contributed by atoms with van der Waals surface area (Å²) >= 11 is 0. The minimum atomic E-state index is 0.591. The van der Waals surface area contributed by atoms with Gasteiger partial charge in [-0.05, 0) is 23.0 Å². The van der Waals surface area contributed by atoms with Crippen LogP contribution in [0.15, 0.2) is 42.7 Å². The maximum absolute atomic E-state index is 3.82. The Hall–Kier alpha value is -1.57. The normalized spacial score (nSPS) is 8.86. The average molecular weight is 290 g/mol. The molecule has 120 valence electrons. The molecule has 21 heavy (non-hydrogen) atoms. The zero-order chi connectivity index (χ0) is 16.7. The molecule has 1 N–H and O–H groups in total. The van der Waals surface area contributed by atoms with Crippen LogP contribution in [-0.4, -0.2) is 10.2 Å². The smallest absolute Gasteiger partial charge is 0.0521 e. The first kappa shape index (κ1) is 21.7. The van der Waals surface area contributed by atoms with Crippen LogP contribution >= 0.6 is 0 Å². The van der Waals surface area contributed by atoms with Gasteiger partial charge in [-0.25, -0.2) is 0 Å². The Morgan fingerprint density at radius 3 is 1.48 bits per heavy atom. The summed E-state index contributed by atoms with van der Waals surface area (Å²) in [4.78, 5) is 0. The number of H-pyrrole nitrogens is 1. The average Bonchev–Trinajstić information content (AvgIpc) is 3.07. The van der Waals surface area contributed by atoms with Crippen LogP contribution in [0.25, 0.3) is 0 Å². The number of hydrogen-bond donors (Lipinski definition) is 1. The van der Waals surface area contributed by atoms with E-state index in [0.29, 0.717) is 11.8 Å². The Kier molecular flexibility index (Phi) is 15.3. The third-order valence-electron chi connectivity index (χ3n) is 2.65. The summed E-state index contributed by atoms with van der Waals surface area (Å²) in [5.41, 5.74) is 2.68. The molecule has 0 radical (unpaired) electrons. The van der Waals surface area contributed by atoms with Crippen molar-refractivity contribution in [1.82, 2.24) is 10.2 Å². The second-order valence-corrected chi connectivity index (χ2v) is 4.75. The van der Waals surface area contributed by atoms with Gasteiger partial charge in [0.1, 0.15) is 0 Å². The Bertz CT molecular complexity index is 389. The van der Waals surface area contributed by atoms with Gasteiger partial charge in [0.05, 0.1) is 6.20 Å². The largest absolute Gasteiger partial charge is 0.285 e. The number of aromatic amines is 1. The minimum absolute atomic E-state index is 0.591. The molecule has 0 saturated heterocycles. The van der Waals surface area contributed by atoms with Gasteiger partial charge in [-0.3, -0.25) is 5.10 Å². The zero-order valence-corrected chi connectivity index (χ0v) is 15.1. The lowest BCUT2D eigenvalue weighted by atomic mass is 10.0. The second kappa shape index (κ2) is 14.8. The molecule has 2 nitrogen and oxygen atoms in total. The summed E-state index contributed by atoms with van der Waals surface area (Å²) in [7, 11) is 0. The highest BCUT2D eigenvalue weighted by molar-refractivity contribution is 5.17. The van der Waals surface area contributed by atoms with Crippen LogP contribution < -0.4 is 0 Å². The molecular weight excluding hydrogens is 256 g/mol. The SMILES string of the molecule is CC.CC.CC(C)c1ccccc1.CC(C)c1cn[nH]c1. The van der Waals surface area contributed by atoms with Crippen LogP contribution in [0.4, 0.5) is 0 Å². The Balaban J connectivity index is 0. The van der Waals surface area contributed by atoms with E-state index >= 15 is 0 Å². The first-order valence-electron chi connectivity index (χ1n) is 8.15. The van der Waals surface area contributed by atoms with Crippen molar-refractivity contribution in [2.24, 2.45) is 0 Å². The van der Waals surface area contributed by atoms with Crippen molar-refractivity contribution >= 4 is 0 Å². The Labute approximate surface area is 132 Å². The summed E-state index contributed by atoms with van der Waals surface area (Å²) < 4.78 is 0. The van der Waals surface area contributed by atoms with Gasteiger partial charge in [-0.1, -0.05) is 85.7 Å². The van der Waals surface area contributed by atoms with E-state index in [2.05, 4.69) is 62.2 Å². The Morgan fingerprint density at radius 2 is 1.24 bits per heavy atom. The van der Waals surface area contributed by atoms with Crippen molar-refractivity contribution in [3.63, 3.8) is 0 Å². The van der Waals surface area contributed by atoms with Gasteiger partial charge >= 0.3 is 0 Å². The van der Waals surface area contributed by atoms with Crippen molar-refractivity contribution in [1.29, 1.82) is 0 Å². The van der Waals surface area contributed by atoms with E-state index in [1.807, 2.05) is 46.2 Å². The highest BCUT2D eigenvalue weighted by atomic mass is 15.1. The molecule has 0 bridgehead atoms. The van der Waals surface area contributed by atoms with Crippen molar-refractivity contribution in [3.8, 4) is 0 Å². The molecule has 0 aliphatic rings. The molecule has 0 aliphatic heterocycles. The van der Waals surface area contributed by atoms with E-state index in [1.54, 1.807) is 0 Å². The topological polar surface area (TPSA) is 28.7 Å². The molecule has 0 aliphatic carbocycles. The van der Waals surface area contributed by atoms with E-state index in [0.717, 1.165) is 0 Å². The van der Waals surface area contributed by atoms with Gasteiger partial charge in [0, 0.05) is 6.20 Å². The molecule has 0 atom stereocenters. The van der Waals surface area contributed by atoms with Gasteiger partial charge in [0.2, 0.25) is 0 Å². The van der Waals surface area contributed by atoms with Gasteiger partial charge < -0.3 is 0 Å². The van der Waals surface area contributed by atoms with Crippen LogP contribution in [0.5, 0.6) is 0 Å². The first-order valence-corrected chi connectivity index (χ1v) is 8.15. The van der Waals surface area contributed by atoms with Crippen molar-refractivity contribution in [2.45, 2.75) is 67.2 Å². The number of nitrogens with zero attached hydrogens (tertiary/aromatic N) is 1. The van der Waals surface area contributed by atoms with E-state index in [4.69, 9.17) is 0 Å². The third-order valence-corrected chi connectivity index (χ3v) is 2.65. The molecular formula is C19H34N2. The molecule has 0 unspecified atom stereocenters. The molecule has 1 aromatic heterocycles. The van der Waals surface area contributed by atoms with Gasteiger partial charge in [-0.15, -0.1) is 0 Å². The van der Waals surface area contributed by atoms with Crippen molar-refractivity contribution < 1.29 is 0 Å². The van der Waals surface area contributed by atoms with E-state index in [1.165, 1.54) is 11.1 Å². The lowest BCUT2D eigenvalue weighted by Crippen LogP contribution is -1.83. The molecule has 1 heterocycles. The van der Waals surface area contributed by atoms with Crippen LogP contribution in [0.1, 0.15) is 78.4 Å². The standard InChI is InChI=1S/C9H12.C6H10N2.2C2H6/c1-8(2)9-6-4-3-5-7-9;1-5(2)6-3-7-8-4-6;2*1-2/h3-8H,1-2H3;3-5H,1-2H3,(H,7,8);2*1-2H3. The van der Waals surface area contributed by atoms with E-state index in [9.17, 15) is 0 Å². The quantitative estimate of drug-likeness (QED) is 0.681. The maximum atomic E-state index is 3.82. The number of nitrogens with one attached hydrogen (secondary N) is 1. The summed E-state index contributed by atoms with van der Waals surface area (Å²) in [5, 5.41) is 6.58. The zero-order valence-electron chi connectivity index (χ0n) is 15.1. The summed E-state index contributed by atoms with van der Waals surface area (Å²) in [6.45, 7) is 16.7. The predicted octanol–water partition coefficient (Wildman–Crippen LogP) is 6.40. The number of rotatable bonds is 2. The van der Waals surface area contributed by atoms with Crippen LogP contribution in [0.3, 0.4) is 0 Å². The maximum Gasteiger partial charge on any atom is 0.0521 e. The van der Waals surface area contributed by atoms with Gasteiger partial charge in [-0.2, -0.15) is 5.10 Å². The van der Waals surface area contributed by atoms with Crippen LogP contribution in [-0.2, 0) is 0 Å². The third kappa shape index (κ3) is 10.8. The van der Waals surface area contributed by atoms with Crippen LogP contribution in [0.2, 0.25) is 0 Å². The number of hydrogen-bond acceptors (Lipinski definition) is 1. The van der Waals surface area contributed by atoms with Crippen molar-refractivity contribution in [3.05, 3.63) is 53.9 Å². The van der Waals surface area contributed by atoms with E-state index < -0.39 is 0 Å². The van der Waals surface area contributed by atoms with Gasteiger partial charge in [0.25, 0.3) is 0 Å². The molecule has 0 amide bonds. The fourth-order valence-electron chi connectivity index (χ4n) is 1.41. The molecule has 0 spiro atoms. The second-order valence-electron chi connectivity index (χ2n) is 4.75. The van der Waals surface area contributed by atoms with Crippen molar-refractivity contribution in [2.75, 3.05) is 0 Å². The molecule has 2 heteroatoms. The summed E-state index contributed by atoms with van der Waals surface area (Å²) in [6.07, 6.45) is 3.77. The summed E-state index contributed by atoms with van der Waals surface area (Å²) in [5.74, 6) is 1.25. The number of aromatic nitrogens is 2. The fraction of sp³-hybridized carbons (Fsp3) is 0.526. The minimum Gasteiger partial charge on any atom is -0.285 e. The molecule has 1 aromatic carbocycles. The van der Waals surface area contributed by atoms with Crippen LogP contribution in [0, 0.1) is 0 Å². The monoisotopic (exact) mass is 290 g/mol. The fourth-order valence-corrected chi connectivity index (χ4v) is 1.41. The first-order chi connectivity index (χ1) is 10.1. The Morgan fingerprint density at radius 1 is 0.762 bits per heavy atom. The molecule has 2 rings (SSSR count). The summed E-state index contributed by atoms with van der Waals surface area (Å²) in [6, 6.07) is 10.5. The highest BCUT2D eigenvalue weighted by Gasteiger charge is 1.96. The van der Waals surface area contributed by atoms with E-state index in [-0.39, 0.29) is 0 Å². The lowest BCUT2D eigenvalue weighted by molar-refractivity contribution is 0.867. The highest BCUT2D eigenvalue weighted by Crippen LogP contribution is 2.11.